The zero-order valence-corrected chi connectivity index (χ0v) is 15.3. The Balaban J connectivity index is 1.86. The predicted octanol–water partition coefficient (Wildman–Crippen LogP) is 0.283. The van der Waals surface area contributed by atoms with E-state index < -0.39 is 21.8 Å². The molecule has 0 spiro atoms. The Morgan fingerprint density at radius 3 is 2.62 bits per heavy atom. The van der Waals surface area contributed by atoms with Crippen molar-refractivity contribution in [3.63, 3.8) is 0 Å². The van der Waals surface area contributed by atoms with Crippen LogP contribution in [0.15, 0.2) is 32.3 Å². The first-order valence-electron chi connectivity index (χ1n) is 8.29. The molecule has 142 valence electrons. The normalized spacial score (nSPS) is 17.0. The van der Waals surface area contributed by atoms with Gasteiger partial charge in [-0.3, -0.25) is 9.78 Å². The highest BCUT2D eigenvalue weighted by molar-refractivity contribution is 7.89. The molecule has 1 aromatic heterocycles. The van der Waals surface area contributed by atoms with Crippen LogP contribution < -0.4 is 10.5 Å². The van der Waals surface area contributed by atoms with Crippen molar-refractivity contribution in [3.05, 3.63) is 28.7 Å². The van der Waals surface area contributed by atoms with Crippen LogP contribution in [0.3, 0.4) is 0 Å². The van der Waals surface area contributed by atoms with Crippen LogP contribution in [-0.2, 0) is 19.6 Å². The van der Waals surface area contributed by atoms with Gasteiger partial charge in [0.2, 0.25) is 15.9 Å². The van der Waals surface area contributed by atoms with E-state index in [1.807, 2.05) is 0 Å². The van der Waals surface area contributed by atoms with Gasteiger partial charge in [0.15, 0.2) is 5.58 Å². The summed E-state index contributed by atoms with van der Waals surface area (Å²) in [5.41, 5.74) is 0.539. The molecule has 9 nitrogen and oxygen atoms in total. The summed E-state index contributed by atoms with van der Waals surface area (Å²) in [5.74, 6) is -1.18. The summed E-state index contributed by atoms with van der Waals surface area (Å²) < 4.78 is 38.1. The third kappa shape index (κ3) is 3.81. The SMILES string of the molecule is CC(C)[C@H](NS(=O)(=O)c1ccc2[nH]c(=O)oc2c1)C(=O)N1CCOCC1. The highest BCUT2D eigenvalue weighted by Crippen LogP contribution is 2.18. The van der Waals surface area contributed by atoms with E-state index in [-0.39, 0.29) is 22.3 Å². The summed E-state index contributed by atoms with van der Waals surface area (Å²) in [6, 6.07) is 3.16. The number of H-pyrrole nitrogens is 1. The van der Waals surface area contributed by atoms with Crippen molar-refractivity contribution in [1.29, 1.82) is 0 Å². The topological polar surface area (TPSA) is 122 Å². The quantitative estimate of drug-likeness (QED) is 0.765. The van der Waals surface area contributed by atoms with Crippen LogP contribution in [0.1, 0.15) is 13.8 Å². The molecule has 1 amide bonds. The number of ether oxygens (including phenoxy) is 1. The van der Waals surface area contributed by atoms with E-state index in [1.54, 1.807) is 18.7 Å². The van der Waals surface area contributed by atoms with Gasteiger partial charge in [-0.15, -0.1) is 0 Å². The highest BCUT2D eigenvalue weighted by Gasteiger charge is 2.32. The standard InChI is InChI=1S/C16H21N3O6S/c1-10(2)14(15(20)19-5-7-24-8-6-19)18-26(22,23)11-3-4-12-13(9-11)25-16(21)17-12/h3-4,9-10,14,18H,5-8H2,1-2H3,(H,17,21)/t14-/m0/s1. The van der Waals surface area contributed by atoms with E-state index in [4.69, 9.17) is 9.15 Å². The number of hydrogen-bond donors (Lipinski definition) is 2. The summed E-state index contributed by atoms with van der Waals surface area (Å²) in [6.07, 6.45) is 0. The van der Waals surface area contributed by atoms with E-state index in [1.165, 1.54) is 18.2 Å². The number of sulfonamides is 1. The smallest absolute Gasteiger partial charge is 0.408 e. The monoisotopic (exact) mass is 383 g/mol. The fraction of sp³-hybridized carbons (Fsp3) is 0.500. The Morgan fingerprint density at radius 1 is 1.27 bits per heavy atom. The van der Waals surface area contributed by atoms with Gasteiger partial charge in [-0.1, -0.05) is 13.8 Å². The first-order valence-corrected chi connectivity index (χ1v) is 9.78. The minimum absolute atomic E-state index is 0.0758. The van der Waals surface area contributed by atoms with Crippen LogP contribution in [0, 0.1) is 5.92 Å². The van der Waals surface area contributed by atoms with Crippen LogP contribution in [0.4, 0.5) is 0 Å². The second kappa shape index (κ2) is 7.22. The zero-order valence-electron chi connectivity index (χ0n) is 14.5. The maximum atomic E-state index is 12.7. The van der Waals surface area contributed by atoms with Gasteiger partial charge in [0.05, 0.1) is 23.6 Å². The number of hydrogen-bond acceptors (Lipinski definition) is 6. The summed E-state index contributed by atoms with van der Waals surface area (Å²) in [5, 5.41) is 0. The summed E-state index contributed by atoms with van der Waals surface area (Å²) >= 11 is 0. The van der Waals surface area contributed by atoms with Crippen LogP contribution in [0.25, 0.3) is 11.1 Å². The van der Waals surface area contributed by atoms with Gasteiger partial charge in [0, 0.05) is 19.2 Å². The number of nitrogens with one attached hydrogen (secondary N) is 2. The second-order valence-electron chi connectivity index (χ2n) is 6.45. The molecule has 26 heavy (non-hydrogen) atoms. The zero-order chi connectivity index (χ0) is 18.9. The van der Waals surface area contributed by atoms with Crippen molar-refractivity contribution in [2.24, 2.45) is 5.92 Å². The molecular weight excluding hydrogens is 362 g/mol. The van der Waals surface area contributed by atoms with Crippen LogP contribution in [0.2, 0.25) is 0 Å². The van der Waals surface area contributed by atoms with Crippen molar-refractivity contribution in [2.75, 3.05) is 26.3 Å². The average molecular weight is 383 g/mol. The van der Waals surface area contributed by atoms with Gasteiger partial charge in [-0.05, 0) is 18.1 Å². The largest absolute Gasteiger partial charge is 0.417 e. The fourth-order valence-corrected chi connectivity index (χ4v) is 4.13. The van der Waals surface area contributed by atoms with Crippen molar-refractivity contribution in [2.45, 2.75) is 24.8 Å². The van der Waals surface area contributed by atoms with Crippen LogP contribution >= 0.6 is 0 Å². The minimum atomic E-state index is -3.98. The van der Waals surface area contributed by atoms with E-state index >= 15 is 0 Å². The van der Waals surface area contributed by atoms with Gasteiger partial charge in [0.1, 0.15) is 6.04 Å². The van der Waals surface area contributed by atoms with E-state index in [0.717, 1.165) is 0 Å². The maximum Gasteiger partial charge on any atom is 0.417 e. The molecule has 1 aromatic carbocycles. The summed E-state index contributed by atoms with van der Waals surface area (Å²) in [6.45, 7) is 5.30. The van der Waals surface area contributed by atoms with Gasteiger partial charge < -0.3 is 14.1 Å². The van der Waals surface area contributed by atoms with Crippen LogP contribution in [0.5, 0.6) is 0 Å². The number of amides is 1. The van der Waals surface area contributed by atoms with Crippen molar-refractivity contribution < 1.29 is 22.4 Å². The van der Waals surface area contributed by atoms with Crippen molar-refractivity contribution in [3.8, 4) is 0 Å². The molecule has 1 aliphatic rings. The Bertz CT molecular complexity index is 956. The second-order valence-corrected chi connectivity index (χ2v) is 8.17. The van der Waals surface area contributed by atoms with E-state index in [2.05, 4.69) is 9.71 Å². The lowest BCUT2D eigenvalue weighted by Crippen LogP contribution is -2.53. The molecule has 0 bridgehead atoms. The lowest BCUT2D eigenvalue weighted by atomic mass is 10.0. The number of fused-ring (bicyclic) bond motifs is 1. The Morgan fingerprint density at radius 2 is 1.96 bits per heavy atom. The van der Waals surface area contributed by atoms with Gasteiger partial charge in [-0.2, -0.15) is 4.72 Å². The van der Waals surface area contributed by atoms with Crippen LogP contribution in [-0.4, -0.2) is 56.6 Å². The Labute approximate surface area is 150 Å². The number of rotatable bonds is 5. The summed E-state index contributed by atoms with van der Waals surface area (Å²) in [4.78, 5) is 28.0. The Hall–Kier alpha value is -2.17. The third-order valence-electron chi connectivity index (χ3n) is 4.24. The van der Waals surface area contributed by atoms with Gasteiger partial charge in [-0.25, -0.2) is 13.2 Å². The molecule has 1 saturated heterocycles. The van der Waals surface area contributed by atoms with E-state index in [9.17, 15) is 18.0 Å². The molecule has 2 N–H and O–H groups in total. The third-order valence-corrected chi connectivity index (χ3v) is 5.68. The highest BCUT2D eigenvalue weighted by atomic mass is 32.2. The summed E-state index contributed by atoms with van der Waals surface area (Å²) in [7, 11) is -3.98. The molecule has 0 radical (unpaired) electrons. The molecule has 0 saturated carbocycles. The van der Waals surface area contributed by atoms with Gasteiger partial charge in [0.25, 0.3) is 0 Å². The fourth-order valence-electron chi connectivity index (χ4n) is 2.78. The number of nitrogens with zero attached hydrogens (tertiary/aromatic N) is 1. The molecule has 3 rings (SSSR count). The minimum Gasteiger partial charge on any atom is -0.408 e. The molecule has 10 heteroatoms. The number of aromatic nitrogens is 1. The molecule has 2 heterocycles. The molecule has 1 atom stereocenters. The number of morpholine rings is 1. The molecule has 0 unspecified atom stereocenters. The molecule has 1 aliphatic heterocycles. The molecule has 1 fully saturated rings. The lowest BCUT2D eigenvalue weighted by Gasteiger charge is -2.32. The maximum absolute atomic E-state index is 12.7. The number of carbonyl (C=O) groups excluding carboxylic acids is 1. The molecular formula is C16H21N3O6S. The Kier molecular flexibility index (Phi) is 5.17. The van der Waals surface area contributed by atoms with Crippen molar-refractivity contribution >= 4 is 27.0 Å². The number of benzene rings is 1. The first-order chi connectivity index (χ1) is 12.3. The molecule has 0 aliphatic carbocycles. The van der Waals surface area contributed by atoms with Gasteiger partial charge >= 0.3 is 5.76 Å². The number of aromatic amines is 1. The lowest BCUT2D eigenvalue weighted by molar-refractivity contribution is -0.138. The predicted molar refractivity (Wildman–Crippen MR) is 93.2 cm³/mol. The number of oxazole rings is 1. The first kappa shape index (κ1) is 18.6. The molecule has 2 aromatic rings. The number of carbonyl (C=O) groups is 1. The van der Waals surface area contributed by atoms with E-state index in [0.29, 0.717) is 31.8 Å². The van der Waals surface area contributed by atoms with Crippen molar-refractivity contribution in [1.82, 2.24) is 14.6 Å². The average Bonchev–Trinajstić information content (AvgIpc) is 2.99.